The molecule has 3 aromatic rings. The summed E-state index contributed by atoms with van der Waals surface area (Å²) in [5.41, 5.74) is -1.16. The number of hydrogen-bond donors (Lipinski definition) is 1. The summed E-state index contributed by atoms with van der Waals surface area (Å²) in [6.45, 7) is 10.1. The molecule has 1 aliphatic carbocycles. The van der Waals surface area contributed by atoms with Crippen molar-refractivity contribution in [2.75, 3.05) is 19.6 Å². The number of amides is 2. The number of carbonyl (C=O) groups excluding carboxylic acids is 2. The summed E-state index contributed by atoms with van der Waals surface area (Å²) in [5, 5.41) is 14.4. The van der Waals surface area contributed by atoms with Crippen molar-refractivity contribution in [3.05, 3.63) is 53.6 Å². The van der Waals surface area contributed by atoms with Crippen molar-refractivity contribution in [1.82, 2.24) is 24.4 Å². The summed E-state index contributed by atoms with van der Waals surface area (Å²) in [4.78, 5) is 34.4. The zero-order chi connectivity index (χ0) is 30.1. The third kappa shape index (κ3) is 5.18. The first-order valence-electron chi connectivity index (χ1n) is 13.5. The Bertz CT molecular complexity index is 1500. The van der Waals surface area contributed by atoms with Gasteiger partial charge in [0.1, 0.15) is 11.5 Å². The van der Waals surface area contributed by atoms with Crippen LogP contribution in [0, 0.1) is 11.7 Å². The normalized spacial score (nSPS) is 23.0. The molecule has 1 saturated heterocycles. The van der Waals surface area contributed by atoms with Crippen LogP contribution < -0.4 is 0 Å². The van der Waals surface area contributed by atoms with Crippen molar-refractivity contribution in [2.24, 2.45) is 5.92 Å². The van der Waals surface area contributed by atoms with Gasteiger partial charge in [-0.2, -0.15) is 18.3 Å². The molecule has 0 radical (unpaired) electrons. The molecule has 0 unspecified atom stereocenters. The van der Waals surface area contributed by atoms with Crippen molar-refractivity contribution >= 4 is 17.5 Å². The fourth-order valence-corrected chi connectivity index (χ4v) is 5.67. The van der Waals surface area contributed by atoms with Crippen LogP contribution in [0.15, 0.2) is 36.5 Å². The van der Waals surface area contributed by atoms with Gasteiger partial charge in [-0.05, 0) is 62.4 Å². The molecule has 2 aromatic heterocycles. The van der Waals surface area contributed by atoms with Gasteiger partial charge in [0.2, 0.25) is 5.91 Å². The minimum atomic E-state index is -4.77. The molecular weight excluding hydrogens is 542 g/mol. The zero-order valence-electron chi connectivity index (χ0n) is 23.6. The maximum absolute atomic E-state index is 13.7. The van der Waals surface area contributed by atoms with Crippen LogP contribution in [0.3, 0.4) is 0 Å². The third-order valence-electron chi connectivity index (χ3n) is 8.10. The van der Waals surface area contributed by atoms with E-state index in [1.54, 1.807) is 41.6 Å². The highest BCUT2D eigenvalue weighted by atomic mass is 19.4. The summed E-state index contributed by atoms with van der Waals surface area (Å²) in [5.74, 6) is -2.07. The maximum Gasteiger partial charge on any atom is 0.417 e. The average molecular weight is 576 g/mol. The highest BCUT2D eigenvalue weighted by Gasteiger charge is 2.63. The molecule has 5 rings (SSSR count). The van der Waals surface area contributed by atoms with Gasteiger partial charge in [0.05, 0.1) is 17.4 Å². The van der Waals surface area contributed by atoms with Crippen LogP contribution in [0.2, 0.25) is 0 Å². The van der Waals surface area contributed by atoms with E-state index in [2.05, 4.69) is 10.1 Å². The lowest BCUT2D eigenvalue weighted by molar-refractivity contribution is -0.297. The fraction of sp³-hybridized carbons (Fsp3) is 0.517. The lowest BCUT2D eigenvalue weighted by Crippen LogP contribution is -2.65. The zero-order valence-corrected chi connectivity index (χ0v) is 23.6. The van der Waals surface area contributed by atoms with Gasteiger partial charge in [0, 0.05) is 36.7 Å². The minimum absolute atomic E-state index is 0.131. The fourth-order valence-electron chi connectivity index (χ4n) is 5.67. The van der Waals surface area contributed by atoms with Crippen LogP contribution in [0.5, 0.6) is 0 Å². The number of benzene rings is 1. The first-order chi connectivity index (χ1) is 18.9. The van der Waals surface area contributed by atoms with E-state index in [4.69, 9.17) is 0 Å². The van der Waals surface area contributed by atoms with Crippen molar-refractivity contribution in [2.45, 2.75) is 70.2 Å². The molecule has 0 bridgehead atoms. The average Bonchev–Trinajstić information content (AvgIpc) is 3.28. The van der Waals surface area contributed by atoms with Crippen LogP contribution >= 0.6 is 0 Å². The van der Waals surface area contributed by atoms with Crippen LogP contribution in [0.1, 0.15) is 63.5 Å². The van der Waals surface area contributed by atoms with Crippen LogP contribution in [0.25, 0.3) is 16.9 Å². The molecule has 8 nitrogen and oxygen atoms in total. The summed E-state index contributed by atoms with van der Waals surface area (Å²) >= 11 is 0. The molecule has 2 amide bonds. The number of carbonyl (C=O) groups is 2. The third-order valence-corrected chi connectivity index (χ3v) is 8.10. The lowest BCUT2D eigenvalue weighted by atomic mass is 9.69. The molecular formula is C29H33F4N5O3. The van der Waals surface area contributed by atoms with E-state index in [0.717, 1.165) is 5.56 Å². The van der Waals surface area contributed by atoms with Gasteiger partial charge in [-0.1, -0.05) is 20.8 Å². The van der Waals surface area contributed by atoms with Gasteiger partial charge in [0.15, 0.2) is 11.2 Å². The van der Waals surface area contributed by atoms with Crippen molar-refractivity contribution in [3.63, 3.8) is 0 Å². The van der Waals surface area contributed by atoms with Crippen LogP contribution in [-0.4, -0.2) is 78.3 Å². The molecule has 12 heteroatoms. The second kappa shape index (κ2) is 9.50. The number of alkyl halides is 3. The van der Waals surface area contributed by atoms with Gasteiger partial charge in [0.25, 0.3) is 5.91 Å². The second-order valence-corrected chi connectivity index (χ2v) is 12.8. The first-order valence-corrected chi connectivity index (χ1v) is 13.5. The van der Waals surface area contributed by atoms with E-state index in [-0.39, 0.29) is 42.5 Å². The van der Waals surface area contributed by atoms with E-state index in [0.29, 0.717) is 16.9 Å². The molecule has 3 heterocycles. The van der Waals surface area contributed by atoms with Crippen molar-refractivity contribution < 1.29 is 32.3 Å². The lowest BCUT2D eigenvalue weighted by Gasteiger charge is -2.50. The second-order valence-electron chi connectivity index (χ2n) is 12.8. The van der Waals surface area contributed by atoms with Gasteiger partial charge in [-0.3, -0.25) is 9.59 Å². The Morgan fingerprint density at radius 1 is 1.05 bits per heavy atom. The van der Waals surface area contributed by atoms with Gasteiger partial charge in [-0.15, -0.1) is 0 Å². The van der Waals surface area contributed by atoms with Crippen molar-refractivity contribution in [3.8, 4) is 11.3 Å². The molecule has 0 spiro atoms. The van der Waals surface area contributed by atoms with E-state index < -0.39 is 42.0 Å². The Hall–Kier alpha value is -3.54. The summed E-state index contributed by atoms with van der Waals surface area (Å²) in [6.07, 6.45) is -4.53. The molecule has 1 saturated carbocycles. The molecule has 220 valence electrons. The SMILES string of the molecule is CC(C)(C)c1cc(-c2ccc(F)cc2)nn2cc(C(=O)N3CCN(C(=O)C4CC(O)(C(F)(F)F)C4)CC3(C)C)nc12. The van der Waals surface area contributed by atoms with Crippen molar-refractivity contribution in [1.29, 1.82) is 0 Å². The number of fused-ring (bicyclic) bond motifs is 1. The van der Waals surface area contributed by atoms with Gasteiger partial charge in [-0.25, -0.2) is 13.9 Å². The van der Waals surface area contributed by atoms with E-state index >= 15 is 0 Å². The Kier molecular flexibility index (Phi) is 6.71. The predicted molar refractivity (Wildman–Crippen MR) is 143 cm³/mol. The summed E-state index contributed by atoms with van der Waals surface area (Å²) in [7, 11) is 0. The Labute approximate surface area is 235 Å². The number of halogens is 4. The van der Waals surface area contributed by atoms with Gasteiger partial charge < -0.3 is 14.9 Å². The number of nitrogens with zero attached hydrogens (tertiary/aromatic N) is 5. The number of imidazole rings is 1. The van der Waals surface area contributed by atoms with E-state index in [9.17, 15) is 32.3 Å². The highest BCUT2D eigenvalue weighted by molar-refractivity contribution is 5.94. The molecule has 2 fully saturated rings. The number of rotatable bonds is 3. The Balaban J connectivity index is 1.38. The van der Waals surface area contributed by atoms with Crippen LogP contribution in [0.4, 0.5) is 17.6 Å². The number of hydrogen-bond acceptors (Lipinski definition) is 5. The summed E-state index contributed by atoms with van der Waals surface area (Å²) < 4.78 is 54.2. The standard InChI is InChI=1S/C29H33F4N5O3/c1-26(2,3)20-12-21(17-6-8-19(30)9-7-17)35-38-15-22(34-23(20)38)25(40)37-11-10-36(16-27(37,4)5)24(39)18-13-28(41,14-18)29(31,32)33/h6-9,12,15,18,41H,10-11,13-14,16H2,1-5H3. The smallest absolute Gasteiger partial charge is 0.380 e. The molecule has 0 atom stereocenters. The number of aromatic nitrogens is 3. The monoisotopic (exact) mass is 575 g/mol. The van der Waals surface area contributed by atoms with Gasteiger partial charge >= 0.3 is 6.18 Å². The Morgan fingerprint density at radius 2 is 1.68 bits per heavy atom. The largest absolute Gasteiger partial charge is 0.417 e. The molecule has 1 N–H and O–H groups in total. The molecule has 1 aliphatic heterocycles. The molecule has 41 heavy (non-hydrogen) atoms. The van der Waals surface area contributed by atoms with E-state index in [1.807, 2.05) is 26.8 Å². The van der Waals surface area contributed by atoms with Crippen LogP contribution in [-0.2, 0) is 10.2 Å². The maximum atomic E-state index is 13.7. The molecule has 1 aromatic carbocycles. The highest BCUT2D eigenvalue weighted by Crippen LogP contribution is 2.49. The number of aliphatic hydroxyl groups is 1. The van der Waals surface area contributed by atoms with E-state index in [1.165, 1.54) is 17.0 Å². The quantitative estimate of drug-likeness (QED) is 0.461. The topological polar surface area (TPSA) is 91.0 Å². The minimum Gasteiger partial charge on any atom is -0.380 e. The Morgan fingerprint density at radius 3 is 2.24 bits per heavy atom. The first kappa shape index (κ1) is 29.0. The predicted octanol–water partition coefficient (Wildman–Crippen LogP) is 4.60. The molecule has 2 aliphatic rings. The summed E-state index contributed by atoms with van der Waals surface area (Å²) in [6, 6.07) is 7.87. The number of piperazine rings is 1.